The van der Waals surface area contributed by atoms with Crippen LogP contribution in [0.4, 0.5) is 11.4 Å². The van der Waals surface area contributed by atoms with Gasteiger partial charge in [-0.25, -0.2) is 4.98 Å². The average molecular weight is 259 g/mol. The van der Waals surface area contributed by atoms with Gasteiger partial charge >= 0.3 is 0 Å². The quantitative estimate of drug-likeness (QED) is 0.871. The molecule has 92 valence electrons. The van der Waals surface area contributed by atoms with Crippen molar-refractivity contribution in [1.82, 2.24) is 4.98 Å². The van der Waals surface area contributed by atoms with Gasteiger partial charge in [0.25, 0.3) is 5.91 Å². The first-order valence-corrected chi connectivity index (χ1v) is 6.64. The number of fused-ring (bicyclic) bond motifs is 1. The molecule has 1 aromatic heterocycles. The summed E-state index contributed by atoms with van der Waals surface area (Å²) in [4.78, 5) is 16.7. The summed E-state index contributed by atoms with van der Waals surface area (Å²) in [5, 5.41) is 7.10. The Morgan fingerprint density at radius 2 is 2.39 bits per heavy atom. The summed E-state index contributed by atoms with van der Waals surface area (Å²) in [6.45, 7) is 2.86. The molecule has 0 saturated carbocycles. The maximum atomic E-state index is 12.0. The van der Waals surface area contributed by atoms with Gasteiger partial charge in [0.05, 0.1) is 11.2 Å². The van der Waals surface area contributed by atoms with Gasteiger partial charge in [-0.3, -0.25) is 4.79 Å². The Kier molecular flexibility index (Phi) is 2.76. The van der Waals surface area contributed by atoms with Gasteiger partial charge in [0, 0.05) is 17.9 Å². The second-order valence-corrected chi connectivity index (χ2v) is 5.48. The van der Waals surface area contributed by atoms with Crippen molar-refractivity contribution in [3.8, 4) is 0 Å². The third-order valence-corrected chi connectivity index (χ3v) is 3.83. The number of amides is 1. The molecule has 0 bridgehead atoms. The number of aryl methyl sites for hydroxylation is 1. The molecule has 0 aliphatic carbocycles. The second kappa shape index (κ2) is 4.42. The minimum absolute atomic E-state index is 0.0912. The zero-order chi connectivity index (χ0) is 12.5. The standard InChI is InChI=1S/C13H13N3OS/c1-8-15-7-12(18-8)13(17)16-10-2-3-11-9(6-10)4-5-14-11/h2-3,6-7,14H,4-5H2,1H3,(H,16,17). The predicted octanol–water partition coefficient (Wildman–Crippen LogP) is 2.67. The summed E-state index contributed by atoms with van der Waals surface area (Å²) in [6.07, 6.45) is 2.63. The molecule has 1 aliphatic heterocycles. The Morgan fingerprint density at radius 1 is 1.50 bits per heavy atom. The average Bonchev–Trinajstić information content (AvgIpc) is 2.96. The smallest absolute Gasteiger partial charge is 0.267 e. The number of hydrogen-bond acceptors (Lipinski definition) is 4. The number of carbonyl (C=O) groups is 1. The fraction of sp³-hybridized carbons (Fsp3) is 0.231. The van der Waals surface area contributed by atoms with E-state index in [2.05, 4.69) is 15.6 Å². The third-order valence-electron chi connectivity index (χ3n) is 2.92. The first kappa shape index (κ1) is 11.2. The van der Waals surface area contributed by atoms with Gasteiger partial charge in [0.15, 0.2) is 0 Å². The summed E-state index contributed by atoms with van der Waals surface area (Å²) in [6, 6.07) is 5.96. The number of nitrogens with one attached hydrogen (secondary N) is 2. The van der Waals surface area contributed by atoms with Crippen LogP contribution in [-0.2, 0) is 6.42 Å². The molecule has 4 nitrogen and oxygen atoms in total. The van der Waals surface area contributed by atoms with E-state index in [4.69, 9.17) is 0 Å². The highest BCUT2D eigenvalue weighted by atomic mass is 32.1. The van der Waals surface area contributed by atoms with Crippen molar-refractivity contribution in [3.63, 3.8) is 0 Å². The van der Waals surface area contributed by atoms with Crippen molar-refractivity contribution in [3.05, 3.63) is 39.8 Å². The first-order valence-electron chi connectivity index (χ1n) is 5.83. The largest absolute Gasteiger partial charge is 0.384 e. The van der Waals surface area contributed by atoms with Gasteiger partial charge in [0.1, 0.15) is 4.88 Å². The molecule has 0 saturated heterocycles. The van der Waals surface area contributed by atoms with Crippen LogP contribution in [0.15, 0.2) is 24.4 Å². The predicted molar refractivity (Wildman–Crippen MR) is 73.4 cm³/mol. The SMILES string of the molecule is Cc1ncc(C(=O)Nc2ccc3c(c2)CCN3)s1. The Hall–Kier alpha value is -1.88. The highest BCUT2D eigenvalue weighted by molar-refractivity contribution is 7.13. The summed E-state index contributed by atoms with van der Waals surface area (Å²) in [5.41, 5.74) is 3.27. The third kappa shape index (κ3) is 2.09. The van der Waals surface area contributed by atoms with E-state index >= 15 is 0 Å². The number of aromatic nitrogens is 1. The molecule has 0 fully saturated rings. The molecular weight excluding hydrogens is 246 g/mol. The van der Waals surface area contributed by atoms with Crippen molar-refractivity contribution in [2.45, 2.75) is 13.3 Å². The molecule has 1 aliphatic rings. The molecule has 0 radical (unpaired) electrons. The van der Waals surface area contributed by atoms with Crippen LogP contribution in [0.5, 0.6) is 0 Å². The van der Waals surface area contributed by atoms with E-state index in [9.17, 15) is 4.79 Å². The monoisotopic (exact) mass is 259 g/mol. The van der Waals surface area contributed by atoms with Crippen molar-refractivity contribution >= 4 is 28.6 Å². The van der Waals surface area contributed by atoms with Crippen LogP contribution in [0, 0.1) is 6.92 Å². The van der Waals surface area contributed by atoms with Crippen LogP contribution in [0.25, 0.3) is 0 Å². The minimum atomic E-state index is -0.0912. The summed E-state index contributed by atoms with van der Waals surface area (Å²) in [5.74, 6) is -0.0912. The molecule has 18 heavy (non-hydrogen) atoms. The molecule has 5 heteroatoms. The van der Waals surface area contributed by atoms with Gasteiger partial charge in [-0.2, -0.15) is 0 Å². The zero-order valence-corrected chi connectivity index (χ0v) is 10.8. The topological polar surface area (TPSA) is 54.0 Å². The number of carbonyl (C=O) groups excluding carboxylic acids is 1. The van der Waals surface area contributed by atoms with E-state index < -0.39 is 0 Å². The van der Waals surface area contributed by atoms with Crippen molar-refractivity contribution < 1.29 is 4.79 Å². The van der Waals surface area contributed by atoms with Crippen LogP contribution in [0.2, 0.25) is 0 Å². The van der Waals surface area contributed by atoms with Crippen molar-refractivity contribution in [1.29, 1.82) is 0 Å². The lowest BCUT2D eigenvalue weighted by Gasteiger charge is -2.05. The number of benzene rings is 1. The van der Waals surface area contributed by atoms with Gasteiger partial charge in [-0.15, -0.1) is 11.3 Å². The summed E-state index contributed by atoms with van der Waals surface area (Å²) >= 11 is 1.41. The lowest BCUT2D eigenvalue weighted by atomic mass is 10.1. The molecular formula is C13H13N3OS. The van der Waals surface area contributed by atoms with Gasteiger partial charge in [0.2, 0.25) is 0 Å². The van der Waals surface area contributed by atoms with Gasteiger partial charge in [-0.05, 0) is 37.1 Å². The van der Waals surface area contributed by atoms with Crippen molar-refractivity contribution in [2.24, 2.45) is 0 Å². The Morgan fingerprint density at radius 3 is 3.17 bits per heavy atom. The number of hydrogen-bond donors (Lipinski definition) is 2. The lowest BCUT2D eigenvalue weighted by Crippen LogP contribution is -2.10. The number of nitrogens with zero attached hydrogens (tertiary/aromatic N) is 1. The Bertz CT molecular complexity index is 606. The van der Waals surface area contributed by atoms with E-state index in [1.54, 1.807) is 6.20 Å². The van der Waals surface area contributed by atoms with Crippen LogP contribution < -0.4 is 10.6 Å². The molecule has 2 heterocycles. The molecule has 1 aromatic carbocycles. The number of rotatable bonds is 2. The Balaban J connectivity index is 1.78. The molecule has 3 rings (SSSR count). The fourth-order valence-corrected chi connectivity index (χ4v) is 2.71. The maximum Gasteiger partial charge on any atom is 0.267 e. The summed E-state index contributed by atoms with van der Waals surface area (Å²) in [7, 11) is 0. The van der Waals surface area contributed by atoms with E-state index in [1.165, 1.54) is 22.6 Å². The Labute approximate surface area is 109 Å². The molecule has 2 aromatic rings. The minimum Gasteiger partial charge on any atom is -0.384 e. The molecule has 2 N–H and O–H groups in total. The number of anilines is 2. The van der Waals surface area contributed by atoms with Gasteiger partial charge in [-0.1, -0.05) is 0 Å². The highest BCUT2D eigenvalue weighted by Gasteiger charge is 2.13. The van der Waals surface area contributed by atoms with Crippen LogP contribution in [-0.4, -0.2) is 17.4 Å². The van der Waals surface area contributed by atoms with Crippen LogP contribution in [0.1, 0.15) is 20.2 Å². The lowest BCUT2D eigenvalue weighted by molar-refractivity contribution is 0.103. The molecule has 1 amide bonds. The van der Waals surface area contributed by atoms with Crippen molar-refractivity contribution in [2.75, 3.05) is 17.2 Å². The fourth-order valence-electron chi connectivity index (χ4n) is 2.04. The maximum absolute atomic E-state index is 12.0. The van der Waals surface area contributed by atoms with E-state index in [1.807, 2.05) is 25.1 Å². The normalized spacial score (nSPS) is 12.9. The van der Waals surface area contributed by atoms with Gasteiger partial charge < -0.3 is 10.6 Å². The van der Waals surface area contributed by atoms with E-state index in [0.717, 1.165) is 23.7 Å². The molecule has 0 unspecified atom stereocenters. The van der Waals surface area contributed by atoms with E-state index in [-0.39, 0.29) is 5.91 Å². The second-order valence-electron chi connectivity index (χ2n) is 4.25. The first-order chi connectivity index (χ1) is 8.72. The molecule has 0 spiro atoms. The summed E-state index contributed by atoms with van der Waals surface area (Å²) < 4.78 is 0. The molecule has 0 atom stereocenters. The van der Waals surface area contributed by atoms with Crippen LogP contribution in [0.3, 0.4) is 0 Å². The number of thiazole rings is 1. The zero-order valence-electron chi connectivity index (χ0n) is 9.99. The van der Waals surface area contributed by atoms with Crippen LogP contribution >= 0.6 is 11.3 Å². The van der Waals surface area contributed by atoms with E-state index in [0.29, 0.717) is 4.88 Å². The highest BCUT2D eigenvalue weighted by Crippen LogP contribution is 2.25.